The summed E-state index contributed by atoms with van der Waals surface area (Å²) in [5.41, 5.74) is 14.5. The van der Waals surface area contributed by atoms with Crippen molar-refractivity contribution in [3.8, 4) is 0 Å². The number of hydrogen-bond acceptors (Lipinski definition) is 7. The van der Waals surface area contributed by atoms with Crippen molar-refractivity contribution in [1.82, 2.24) is 20.3 Å². The van der Waals surface area contributed by atoms with Crippen LogP contribution in [0.3, 0.4) is 0 Å². The molecule has 11 nitrogen and oxygen atoms in total. The van der Waals surface area contributed by atoms with E-state index in [0.29, 0.717) is 17.9 Å². The fraction of sp³-hybridized carbons (Fsp3) is 0.292. The molecule has 8 N–H and O–H groups in total. The maximum absolute atomic E-state index is 12.5. The standard InChI is InChI=1S/C24H28N6O5/c1-2-3-13(6-9-16-12-27-21-19(16)20(25)29-24(26)30-21)14-4-7-15(8-5-14)22(33)28-17(23(34)35)10-11-18(31)32/h2-5,7-8,12-13,17H,6,9-11H2,1H3,(H,28,33)(H,31,32)(H,34,35)(H5,25,26,27,29,30)/b3-2-/t13?,17-/m0/s1. The number of rotatable bonds is 11. The molecule has 184 valence electrons. The predicted molar refractivity (Wildman–Crippen MR) is 131 cm³/mol. The van der Waals surface area contributed by atoms with Gasteiger partial charge < -0.3 is 32.0 Å². The van der Waals surface area contributed by atoms with E-state index in [1.807, 2.05) is 31.3 Å². The molecule has 3 aromatic rings. The fourth-order valence-corrected chi connectivity index (χ4v) is 3.91. The molecule has 1 aromatic carbocycles. The number of hydrogen-bond donors (Lipinski definition) is 6. The Labute approximate surface area is 201 Å². The Balaban J connectivity index is 1.70. The number of carboxylic acids is 2. The summed E-state index contributed by atoms with van der Waals surface area (Å²) in [5, 5.41) is 21.2. The number of nitrogens with zero attached hydrogens (tertiary/aromatic N) is 2. The van der Waals surface area contributed by atoms with E-state index in [1.54, 1.807) is 12.1 Å². The van der Waals surface area contributed by atoms with Gasteiger partial charge in [-0.1, -0.05) is 24.3 Å². The van der Waals surface area contributed by atoms with Crippen LogP contribution < -0.4 is 16.8 Å². The van der Waals surface area contributed by atoms with Gasteiger partial charge in [-0.25, -0.2) is 4.79 Å². The normalized spacial score (nSPS) is 13.1. The van der Waals surface area contributed by atoms with Gasteiger partial charge in [-0.2, -0.15) is 9.97 Å². The number of anilines is 2. The molecule has 0 bridgehead atoms. The second kappa shape index (κ2) is 11.1. The van der Waals surface area contributed by atoms with Gasteiger partial charge in [0.2, 0.25) is 5.95 Å². The Morgan fingerprint density at radius 3 is 2.46 bits per heavy atom. The number of nitrogens with two attached hydrogens (primary N) is 2. The largest absolute Gasteiger partial charge is 0.481 e. The van der Waals surface area contributed by atoms with Gasteiger partial charge in [-0.05, 0) is 49.4 Å². The highest BCUT2D eigenvalue weighted by Crippen LogP contribution is 2.28. The van der Waals surface area contributed by atoms with Crippen molar-refractivity contribution in [2.45, 2.75) is 44.6 Å². The molecule has 0 saturated heterocycles. The molecule has 0 aliphatic carbocycles. The van der Waals surface area contributed by atoms with Crippen LogP contribution in [0.25, 0.3) is 11.0 Å². The van der Waals surface area contributed by atoms with E-state index < -0.39 is 23.9 Å². The Hall–Kier alpha value is -4.41. The lowest BCUT2D eigenvalue weighted by Crippen LogP contribution is -2.41. The molecule has 0 spiro atoms. The number of aromatic nitrogens is 3. The van der Waals surface area contributed by atoms with Crippen LogP contribution in [-0.2, 0) is 16.0 Å². The monoisotopic (exact) mass is 480 g/mol. The second-order valence-electron chi connectivity index (χ2n) is 8.09. The topological polar surface area (TPSA) is 197 Å². The number of carbonyl (C=O) groups is 3. The van der Waals surface area contributed by atoms with Gasteiger partial charge in [-0.3, -0.25) is 9.59 Å². The van der Waals surface area contributed by atoms with Crippen molar-refractivity contribution >= 4 is 40.6 Å². The van der Waals surface area contributed by atoms with Crippen molar-refractivity contribution in [3.63, 3.8) is 0 Å². The average Bonchev–Trinajstić information content (AvgIpc) is 3.22. The summed E-state index contributed by atoms with van der Waals surface area (Å²) < 4.78 is 0. The van der Waals surface area contributed by atoms with Crippen molar-refractivity contribution in [2.75, 3.05) is 11.5 Å². The molecule has 0 fully saturated rings. The molecule has 2 aromatic heterocycles. The number of H-pyrrole nitrogens is 1. The van der Waals surface area contributed by atoms with E-state index in [-0.39, 0.29) is 30.3 Å². The Morgan fingerprint density at radius 1 is 1.11 bits per heavy atom. The zero-order chi connectivity index (χ0) is 25.5. The summed E-state index contributed by atoms with van der Waals surface area (Å²) >= 11 is 0. The molecular weight excluding hydrogens is 452 g/mol. The Bertz CT molecular complexity index is 1250. The first-order valence-corrected chi connectivity index (χ1v) is 11.1. The van der Waals surface area contributed by atoms with Crippen LogP contribution in [0, 0.1) is 0 Å². The number of aryl methyl sites for hydroxylation is 1. The summed E-state index contributed by atoms with van der Waals surface area (Å²) in [5.74, 6) is -2.50. The minimum Gasteiger partial charge on any atom is -0.481 e. The van der Waals surface area contributed by atoms with Crippen LogP contribution >= 0.6 is 0 Å². The van der Waals surface area contributed by atoms with Crippen molar-refractivity contribution in [1.29, 1.82) is 0 Å². The van der Waals surface area contributed by atoms with Gasteiger partial charge in [0.25, 0.3) is 5.91 Å². The lowest BCUT2D eigenvalue weighted by atomic mass is 9.91. The SMILES string of the molecule is C/C=C\C(CCc1c[nH]c2nc(N)nc(N)c12)c1ccc(C(=O)N[C@@H](CCC(=O)O)C(=O)O)cc1. The van der Waals surface area contributed by atoms with E-state index in [4.69, 9.17) is 16.6 Å². The van der Waals surface area contributed by atoms with Gasteiger partial charge in [0.05, 0.1) is 5.39 Å². The molecule has 2 heterocycles. The van der Waals surface area contributed by atoms with Crippen molar-refractivity contribution in [2.24, 2.45) is 0 Å². The Kier molecular flexibility index (Phi) is 8.03. The first-order chi connectivity index (χ1) is 16.7. The summed E-state index contributed by atoms with van der Waals surface area (Å²) in [6, 6.07) is 5.60. The van der Waals surface area contributed by atoms with Gasteiger partial charge in [0.15, 0.2) is 0 Å². The maximum Gasteiger partial charge on any atom is 0.326 e. The number of carbonyl (C=O) groups excluding carboxylic acids is 1. The first-order valence-electron chi connectivity index (χ1n) is 11.1. The minimum absolute atomic E-state index is 0.0559. The number of benzene rings is 1. The average molecular weight is 481 g/mol. The number of amides is 1. The third kappa shape index (κ3) is 6.34. The highest BCUT2D eigenvalue weighted by molar-refractivity contribution is 5.96. The van der Waals surface area contributed by atoms with Crippen molar-refractivity contribution in [3.05, 3.63) is 59.3 Å². The fourth-order valence-electron chi connectivity index (χ4n) is 3.91. The number of aliphatic carboxylic acids is 2. The number of fused-ring (bicyclic) bond motifs is 1. The number of carboxylic acid groups (broad SMARTS) is 2. The highest BCUT2D eigenvalue weighted by Gasteiger charge is 2.22. The third-order valence-electron chi connectivity index (χ3n) is 5.66. The van der Waals surface area contributed by atoms with E-state index in [9.17, 15) is 19.5 Å². The first kappa shape index (κ1) is 25.2. The molecule has 35 heavy (non-hydrogen) atoms. The molecular formula is C24H28N6O5. The Morgan fingerprint density at radius 2 is 1.83 bits per heavy atom. The number of aromatic amines is 1. The van der Waals surface area contributed by atoms with Crippen LogP contribution in [0.15, 0.2) is 42.6 Å². The van der Waals surface area contributed by atoms with Gasteiger partial charge in [0, 0.05) is 24.1 Å². The van der Waals surface area contributed by atoms with Crippen LogP contribution in [0.1, 0.15) is 53.6 Å². The summed E-state index contributed by atoms with van der Waals surface area (Å²) in [6.07, 6.45) is 6.75. The third-order valence-corrected chi connectivity index (χ3v) is 5.66. The molecule has 0 aliphatic rings. The molecule has 0 radical (unpaired) electrons. The van der Waals surface area contributed by atoms with Gasteiger partial charge in [-0.15, -0.1) is 0 Å². The quantitative estimate of drug-likeness (QED) is 0.223. The summed E-state index contributed by atoms with van der Waals surface area (Å²) in [6.45, 7) is 1.93. The highest BCUT2D eigenvalue weighted by atomic mass is 16.4. The number of allylic oxidation sites excluding steroid dienone is 2. The molecule has 11 heteroatoms. The molecule has 0 aliphatic heterocycles. The van der Waals surface area contributed by atoms with Crippen LogP contribution in [0.2, 0.25) is 0 Å². The van der Waals surface area contributed by atoms with Crippen LogP contribution in [0.4, 0.5) is 11.8 Å². The van der Waals surface area contributed by atoms with Crippen molar-refractivity contribution < 1.29 is 24.6 Å². The summed E-state index contributed by atoms with van der Waals surface area (Å²) in [7, 11) is 0. The van der Waals surface area contributed by atoms with Crippen LogP contribution in [0.5, 0.6) is 0 Å². The van der Waals surface area contributed by atoms with E-state index in [1.165, 1.54) is 0 Å². The lowest BCUT2D eigenvalue weighted by Gasteiger charge is -2.16. The van der Waals surface area contributed by atoms with Gasteiger partial charge >= 0.3 is 11.9 Å². The predicted octanol–water partition coefficient (Wildman–Crippen LogP) is 2.46. The molecule has 1 amide bonds. The van der Waals surface area contributed by atoms with Crippen LogP contribution in [-0.4, -0.2) is 49.1 Å². The van der Waals surface area contributed by atoms with E-state index in [0.717, 1.165) is 22.9 Å². The molecule has 1 unspecified atom stereocenters. The number of nitrogens with one attached hydrogen (secondary N) is 2. The molecule has 3 rings (SSSR count). The smallest absolute Gasteiger partial charge is 0.326 e. The lowest BCUT2D eigenvalue weighted by molar-refractivity contribution is -0.140. The van der Waals surface area contributed by atoms with Gasteiger partial charge in [0.1, 0.15) is 17.5 Å². The number of nitrogen functional groups attached to an aromatic ring is 2. The summed E-state index contributed by atoms with van der Waals surface area (Å²) in [4.78, 5) is 45.9. The zero-order valence-electron chi connectivity index (χ0n) is 19.2. The van der Waals surface area contributed by atoms with E-state index >= 15 is 0 Å². The maximum atomic E-state index is 12.5. The molecule has 0 saturated carbocycles. The zero-order valence-corrected chi connectivity index (χ0v) is 19.2. The van der Waals surface area contributed by atoms with E-state index in [2.05, 4.69) is 26.3 Å². The minimum atomic E-state index is -1.28. The molecule has 2 atom stereocenters. The second-order valence-corrected chi connectivity index (χ2v) is 8.09.